The monoisotopic (exact) mass is 187 g/mol. The maximum absolute atomic E-state index is 6.15. The van der Waals surface area contributed by atoms with Crippen LogP contribution in [0.3, 0.4) is 0 Å². The fourth-order valence-electron chi connectivity index (χ4n) is 2.84. The molecule has 1 spiro atoms. The summed E-state index contributed by atoms with van der Waals surface area (Å²) in [6.45, 7) is 2.18. The summed E-state index contributed by atoms with van der Waals surface area (Å²) < 4.78 is 0. The van der Waals surface area contributed by atoms with Crippen LogP contribution in [0.25, 0.3) is 0 Å². The summed E-state index contributed by atoms with van der Waals surface area (Å²) in [5, 5.41) is 0. The molecule has 1 nitrogen and oxygen atoms in total. The molecular weight excluding hydrogens is 170 g/mol. The lowest BCUT2D eigenvalue weighted by atomic mass is 9.77. The molecule has 0 amide bonds. The van der Waals surface area contributed by atoms with Crippen molar-refractivity contribution < 1.29 is 0 Å². The standard InChI is InChI=1S/C13H17N/c1-9-2-3-10-11(8-9)13(6-7-13)5-4-12(10)14/h2-3,8,12H,4-7,14H2,1H3. The van der Waals surface area contributed by atoms with Crippen LogP contribution in [0.1, 0.15) is 48.4 Å². The zero-order valence-electron chi connectivity index (χ0n) is 8.72. The van der Waals surface area contributed by atoms with E-state index in [-0.39, 0.29) is 6.04 Å². The number of aryl methyl sites for hydroxylation is 1. The molecule has 2 N–H and O–H groups in total. The average Bonchev–Trinajstić information content (AvgIpc) is 2.93. The van der Waals surface area contributed by atoms with E-state index in [2.05, 4.69) is 25.1 Å². The molecule has 0 aliphatic heterocycles. The van der Waals surface area contributed by atoms with Crippen LogP contribution in [0.5, 0.6) is 0 Å². The molecular formula is C13H17N. The zero-order chi connectivity index (χ0) is 9.76. The Labute approximate surface area is 85.3 Å². The Morgan fingerprint density at radius 1 is 1.29 bits per heavy atom. The highest BCUT2D eigenvalue weighted by atomic mass is 14.7. The Hall–Kier alpha value is -0.820. The second-order valence-electron chi connectivity index (χ2n) is 5.02. The van der Waals surface area contributed by atoms with Crippen molar-refractivity contribution in [3.63, 3.8) is 0 Å². The van der Waals surface area contributed by atoms with Gasteiger partial charge in [0.15, 0.2) is 0 Å². The molecule has 1 heteroatoms. The van der Waals surface area contributed by atoms with Crippen LogP contribution in [0, 0.1) is 6.92 Å². The van der Waals surface area contributed by atoms with Crippen molar-refractivity contribution >= 4 is 0 Å². The van der Waals surface area contributed by atoms with Crippen molar-refractivity contribution in [2.75, 3.05) is 0 Å². The first-order valence-electron chi connectivity index (χ1n) is 5.58. The number of benzene rings is 1. The van der Waals surface area contributed by atoms with Crippen molar-refractivity contribution in [3.8, 4) is 0 Å². The Morgan fingerprint density at radius 3 is 2.79 bits per heavy atom. The van der Waals surface area contributed by atoms with E-state index in [0.29, 0.717) is 5.41 Å². The molecule has 0 saturated heterocycles. The quantitative estimate of drug-likeness (QED) is 0.664. The fourth-order valence-corrected chi connectivity index (χ4v) is 2.84. The maximum atomic E-state index is 6.15. The van der Waals surface area contributed by atoms with Gasteiger partial charge in [-0.1, -0.05) is 23.8 Å². The van der Waals surface area contributed by atoms with Gasteiger partial charge in [0.05, 0.1) is 0 Å². The van der Waals surface area contributed by atoms with Gasteiger partial charge in [0, 0.05) is 6.04 Å². The molecule has 14 heavy (non-hydrogen) atoms. The summed E-state index contributed by atoms with van der Waals surface area (Å²) in [7, 11) is 0. The van der Waals surface area contributed by atoms with Crippen LogP contribution < -0.4 is 5.73 Å². The highest BCUT2D eigenvalue weighted by Gasteiger charge is 2.47. The molecule has 0 bridgehead atoms. The lowest BCUT2D eigenvalue weighted by molar-refractivity contribution is 0.479. The number of rotatable bonds is 0. The Balaban J connectivity index is 2.17. The molecule has 1 saturated carbocycles. The molecule has 2 aliphatic carbocycles. The first kappa shape index (κ1) is 8.49. The highest BCUT2D eigenvalue weighted by molar-refractivity contribution is 5.44. The van der Waals surface area contributed by atoms with Gasteiger partial charge in [0.25, 0.3) is 0 Å². The topological polar surface area (TPSA) is 26.0 Å². The smallest absolute Gasteiger partial charge is 0.0298 e. The minimum absolute atomic E-state index is 0.289. The summed E-state index contributed by atoms with van der Waals surface area (Å²) >= 11 is 0. The summed E-state index contributed by atoms with van der Waals surface area (Å²) in [4.78, 5) is 0. The SMILES string of the molecule is Cc1ccc2c(c1)C1(CCC2N)CC1. The van der Waals surface area contributed by atoms with Gasteiger partial charge in [-0.2, -0.15) is 0 Å². The van der Waals surface area contributed by atoms with Gasteiger partial charge in [-0.25, -0.2) is 0 Å². The third-order valence-corrected chi connectivity index (χ3v) is 3.97. The minimum atomic E-state index is 0.289. The second-order valence-corrected chi connectivity index (χ2v) is 5.02. The van der Waals surface area contributed by atoms with Gasteiger partial charge >= 0.3 is 0 Å². The summed E-state index contributed by atoms with van der Waals surface area (Å²) in [5.41, 5.74) is 11.1. The van der Waals surface area contributed by atoms with Crippen LogP contribution in [0.4, 0.5) is 0 Å². The molecule has 1 aromatic rings. The first-order valence-corrected chi connectivity index (χ1v) is 5.58. The third-order valence-electron chi connectivity index (χ3n) is 3.97. The molecule has 0 radical (unpaired) electrons. The molecule has 0 aromatic heterocycles. The molecule has 3 rings (SSSR count). The maximum Gasteiger partial charge on any atom is 0.0298 e. The van der Waals surface area contributed by atoms with Crippen molar-refractivity contribution in [1.82, 2.24) is 0 Å². The average molecular weight is 187 g/mol. The highest BCUT2D eigenvalue weighted by Crippen LogP contribution is 2.56. The molecule has 1 atom stereocenters. The van der Waals surface area contributed by atoms with E-state index in [9.17, 15) is 0 Å². The molecule has 1 fully saturated rings. The van der Waals surface area contributed by atoms with E-state index in [4.69, 9.17) is 5.73 Å². The third kappa shape index (κ3) is 1.05. The van der Waals surface area contributed by atoms with Crippen molar-refractivity contribution in [1.29, 1.82) is 0 Å². The Kier molecular flexibility index (Phi) is 1.58. The van der Waals surface area contributed by atoms with E-state index in [1.54, 1.807) is 5.56 Å². The lowest BCUT2D eigenvalue weighted by Gasteiger charge is -2.30. The predicted octanol–water partition coefficient (Wildman–Crippen LogP) is 2.82. The molecule has 1 aromatic carbocycles. The largest absolute Gasteiger partial charge is 0.324 e. The summed E-state index contributed by atoms with van der Waals surface area (Å²) in [6.07, 6.45) is 5.26. The van der Waals surface area contributed by atoms with Crippen LogP contribution in [0.15, 0.2) is 18.2 Å². The van der Waals surface area contributed by atoms with Crippen molar-refractivity contribution in [2.24, 2.45) is 5.73 Å². The van der Waals surface area contributed by atoms with Gasteiger partial charge in [0.2, 0.25) is 0 Å². The predicted molar refractivity (Wildman–Crippen MR) is 58.3 cm³/mol. The van der Waals surface area contributed by atoms with Crippen LogP contribution in [0.2, 0.25) is 0 Å². The van der Waals surface area contributed by atoms with Crippen molar-refractivity contribution in [3.05, 3.63) is 34.9 Å². The first-order chi connectivity index (χ1) is 6.71. The van der Waals surface area contributed by atoms with E-state index >= 15 is 0 Å². The molecule has 2 aliphatic rings. The van der Waals surface area contributed by atoms with Gasteiger partial charge in [0.1, 0.15) is 0 Å². The number of hydrogen-bond acceptors (Lipinski definition) is 1. The normalized spacial score (nSPS) is 27.4. The van der Waals surface area contributed by atoms with Crippen LogP contribution in [-0.2, 0) is 5.41 Å². The van der Waals surface area contributed by atoms with Gasteiger partial charge in [-0.05, 0) is 49.1 Å². The van der Waals surface area contributed by atoms with E-state index in [0.717, 1.165) is 0 Å². The minimum Gasteiger partial charge on any atom is -0.324 e. The van der Waals surface area contributed by atoms with Crippen molar-refractivity contribution in [2.45, 2.75) is 44.1 Å². The molecule has 0 heterocycles. The molecule has 74 valence electrons. The number of hydrogen-bond donors (Lipinski definition) is 1. The Bertz CT molecular complexity index is 377. The Morgan fingerprint density at radius 2 is 2.07 bits per heavy atom. The van der Waals surface area contributed by atoms with E-state index < -0.39 is 0 Å². The summed E-state index contributed by atoms with van der Waals surface area (Å²) in [5.74, 6) is 0. The molecule has 1 unspecified atom stereocenters. The fraction of sp³-hybridized carbons (Fsp3) is 0.538. The van der Waals surface area contributed by atoms with Gasteiger partial charge < -0.3 is 5.73 Å². The van der Waals surface area contributed by atoms with E-state index in [1.165, 1.54) is 36.8 Å². The zero-order valence-corrected chi connectivity index (χ0v) is 8.72. The van der Waals surface area contributed by atoms with Gasteiger partial charge in [-0.3, -0.25) is 0 Å². The van der Waals surface area contributed by atoms with E-state index in [1.807, 2.05) is 0 Å². The second kappa shape index (κ2) is 2.60. The number of nitrogens with two attached hydrogens (primary N) is 1. The van der Waals surface area contributed by atoms with Crippen LogP contribution in [-0.4, -0.2) is 0 Å². The van der Waals surface area contributed by atoms with Crippen LogP contribution >= 0.6 is 0 Å². The van der Waals surface area contributed by atoms with Gasteiger partial charge in [-0.15, -0.1) is 0 Å². The lowest BCUT2D eigenvalue weighted by Crippen LogP contribution is -2.24. The summed E-state index contributed by atoms with van der Waals surface area (Å²) in [6, 6.07) is 7.09. The number of fused-ring (bicyclic) bond motifs is 2.